The number of thiol groups is 1. The second-order valence-electron chi connectivity index (χ2n) is 10.2. The van der Waals surface area contributed by atoms with Crippen LogP contribution in [0.15, 0.2) is 53.6 Å². The van der Waals surface area contributed by atoms with Gasteiger partial charge >= 0.3 is 0 Å². The highest BCUT2D eigenvalue weighted by molar-refractivity contribution is 7.80. The summed E-state index contributed by atoms with van der Waals surface area (Å²) < 4.78 is 55.1. The summed E-state index contributed by atoms with van der Waals surface area (Å²) in [4.78, 5) is 3.93. The Bertz CT molecular complexity index is 1560. The van der Waals surface area contributed by atoms with Crippen molar-refractivity contribution in [3.8, 4) is 11.1 Å². The maximum Gasteiger partial charge on any atom is 0.192 e. The predicted octanol–water partition coefficient (Wildman–Crippen LogP) is 7.20. The fraction of sp³-hybridized carbons (Fsp3) is 0.333. The first kappa shape index (κ1) is 25.5. The molecule has 0 spiro atoms. The van der Waals surface area contributed by atoms with E-state index in [1.54, 1.807) is 38.2 Å². The third-order valence-electron chi connectivity index (χ3n) is 7.68. The lowest BCUT2D eigenvalue weighted by molar-refractivity contribution is -0.166. The molecule has 1 aromatic heterocycles. The Balaban J connectivity index is 1.42. The van der Waals surface area contributed by atoms with Gasteiger partial charge in [-0.15, -0.1) is 12.6 Å². The van der Waals surface area contributed by atoms with E-state index in [1.165, 1.54) is 6.07 Å². The molecule has 0 saturated carbocycles. The van der Waals surface area contributed by atoms with Crippen LogP contribution >= 0.6 is 12.6 Å². The molecular weight excluding hydrogens is 508 g/mol. The van der Waals surface area contributed by atoms with Crippen molar-refractivity contribution in [2.75, 3.05) is 19.8 Å². The van der Waals surface area contributed by atoms with E-state index in [9.17, 15) is 4.39 Å². The number of benzene rings is 3. The largest absolute Gasteiger partial charge is 0.361 e. The Labute approximate surface area is 225 Å². The van der Waals surface area contributed by atoms with Gasteiger partial charge in [-0.1, -0.05) is 6.07 Å². The molecule has 8 heteroatoms. The molecule has 1 N–H and O–H groups in total. The highest BCUT2D eigenvalue weighted by Gasteiger charge is 2.44. The number of rotatable bonds is 4. The van der Waals surface area contributed by atoms with E-state index in [2.05, 4.69) is 17.6 Å². The zero-order valence-corrected chi connectivity index (χ0v) is 22.5. The highest BCUT2D eigenvalue weighted by Crippen LogP contribution is 2.46. The number of fused-ring (bicyclic) bond motifs is 1. The zero-order chi connectivity index (χ0) is 26.8. The summed E-state index contributed by atoms with van der Waals surface area (Å²) in [5, 5.41) is 0.676. The van der Waals surface area contributed by atoms with E-state index in [4.69, 9.17) is 18.9 Å². The van der Waals surface area contributed by atoms with Gasteiger partial charge in [0.25, 0.3) is 0 Å². The van der Waals surface area contributed by atoms with Crippen molar-refractivity contribution in [3.63, 3.8) is 0 Å². The Hall–Kier alpha value is -2.75. The molecule has 2 aliphatic heterocycles. The van der Waals surface area contributed by atoms with Crippen molar-refractivity contribution in [3.05, 3.63) is 88.1 Å². The molecule has 6 rings (SSSR count). The molecule has 2 saturated heterocycles. The summed E-state index contributed by atoms with van der Waals surface area (Å²) in [6.45, 7) is 8.33. The van der Waals surface area contributed by atoms with Crippen molar-refractivity contribution >= 4 is 23.5 Å². The molecule has 0 amide bonds. The monoisotopic (exact) mass is 537 g/mol. The number of nitrogens with one attached hydrogen (secondary N) is 1. The van der Waals surface area contributed by atoms with Gasteiger partial charge in [0.1, 0.15) is 17.7 Å². The van der Waals surface area contributed by atoms with Gasteiger partial charge < -0.3 is 23.9 Å². The smallest absolute Gasteiger partial charge is 0.192 e. The Morgan fingerprint density at radius 1 is 0.947 bits per heavy atom. The summed E-state index contributed by atoms with van der Waals surface area (Å²) in [5.74, 6) is -2.87. The molecule has 3 heterocycles. The number of halogens is 2. The number of ether oxygens (including phenoxy) is 4. The van der Waals surface area contributed by atoms with E-state index in [-0.39, 0.29) is 12.4 Å². The van der Waals surface area contributed by atoms with Crippen LogP contribution in [0.3, 0.4) is 0 Å². The van der Waals surface area contributed by atoms with Gasteiger partial charge in [0.05, 0.1) is 25.3 Å². The minimum absolute atomic E-state index is 0.275. The fourth-order valence-corrected chi connectivity index (χ4v) is 5.79. The second kappa shape index (κ2) is 9.17. The van der Waals surface area contributed by atoms with Crippen molar-refractivity contribution in [1.29, 1.82) is 0 Å². The molecule has 2 aliphatic rings. The zero-order valence-electron chi connectivity index (χ0n) is 21.7. The number of hydrogen-bond acceptors (Lipinski definition) is 5. The molecule has 198 valence electrons. The number of aromatic amines is 1. The van der Waals surface area contributed by atoms with E-state index in [0.717, 1.165) is 16.0 Å². The van der Waals surface area contributed by atoms with Gasteiger partial charge in [0, 0.05) is 38.7 Å². The first-order valence-electron chi connectivity index (χ1n) is 12.6. The normalized spacial score (nSPS) is 23.0. The summed E-state index contributed by atoms with van der Waals surface area (Å²) in [5.41, 5.74) is 4.60. The maximum absolute atomic E-state index is 15.6. The molecule has 5 nitrogen and oxygen atoms in total. The maximum atomic E-state index is 15.6. The van der Waals surface area contributed by atoms with E-state index in [1.807, 2.05) is 32.0 Å². The minimum Gasteiger partial charge on any atom is -0.361 e. The highest BCUT2D eigenvalue weighted by atomic mass is 32.1. The quantitative estimate of drug-likeness (QED) is 0.270. The molecular formula is C30H29F2NO4S. The number of aryl methyl sites for hydroxylation is 1. The fourth-order valence-electron chi connectivity index (χ4n) is 5.59. The summed E-state index contributed by atoms with van der Waals surface area (Å²) in [7, 11) is 0. The van der Waals surface area contributed by atoms with Crippen LogP contribution in [0.1, 0.15) is 47.8 Å². The van der Waals surface area contributed by atoms with Crippen molar-refractivity contribution in [1.82, 2.24) is 4.98 Å². The van der Waals surface area contributed by atoms with Crippen LogP contribution in [0.5, 0.6) is 0 Å². The first-order valence-corrected chi connectivity index (χ1v) is 13.0. The molecule has 38 heavy (non-hydrogen) atoms. The lowest BCUT2D eigenvalue weighted by atomic mass is 9.92. The van der Waals surface area contributed by atoms with Crippen molar-refractivity contribution in [2.24, 2.45) is 0 Å². The summed E-state index contributed by atoms with van der Waals surface area (Å²) >= 11 is 4.52. The van der Waals surface area contributed by atoms with Gasteiger partial charge in [-0.25, -0.2) is 8.78 Å². The van der Waals surface area contributed by atoms with Gasteiger partial charge in [0.15, 0.2) is 11.6 Å². The topological polar surface area (TPSA) is 52.7 Å². The SMILES string of the molecule is Cc1cc(C2(C)OCC(c3ccc(S)cc3C3(C)OCCO3)O2)cc(-c2c(C)c(F)cc3cc[nH]c23)c1F. The number of hydrogen-bond donors (Lipinski definition) is 2. The molecule has 2 atom stereocenters. The van der Waals surface area contributed by atoms with Crippen LogP contribution in [-0.4, -0.2) is 24.8 Å². The predicted molar refractivity (Wildman–Crippen MR) is 143 cm³/mol. The number of H-pyrrole nitrogens is 1. The molecule has 3 aromatic carbocycles. The average molecular weight is 538 g/mol. The third kappa shape index (κ3) is 4.06. The van der Waals surface area contributed by atoms with Gasteiger partial charge in [-0.3, -0.25) is 0 Å². The van der Waals surface area contributed by atoms with E-state index in [0.29, 0.717) is 51.9 Å². The lowest BCUT2D eigenvalue weighted by Gasteiger charge is -2.29. The number of aromatic nitrogens is 1. The van der Waals surface area contributed by atoms with Gasteiger partial charge in [-0.2, -0.15) is 0 Å². The molecule has 0 radical (unpaired) electrons. The van der Waals surface area contributed by atoms with Crippen LogP contribution in [-0.2, 0) is 30.5 Å². The third-order valence-corrected chi connectivity index (χ3v) is 7.96. The molecule has 0 aliphatic carbocycles. The Morgan fingerprint density at radius 2 is 1.71 bits per heavy atom. The van der Waals surface area contributed by atoms with Crippen LogP contribution in [0.2, 0.25) is 0 Å². The first-order chi connectivity index (χ1) is 18.1. The van der Waals surface area contributed by atoms with Crippen molar-refractivity contribution < 1.29 is 27.7 Å². The van der Waals surface area contributed by atoms with Crippen LogP contribution in [0.25, 0.3) is 22.0 Å². The van der Waals surface area contributed by atoms with Crippen molar-refractivity contribution in [2.45, 2.75) is 50.3 Å². The van der Waals surface area contributed by atoms with E-state index >= 15 is 4.39 Å². The second-order valence-corrected chi connectivity index (χ2v) is 10.7. The Kier molecular flexibility index (Phi) is 6.16. The minimum atomic E-state index is -1.16. The summed E-state index contributed by atoms with van der Waals surface area (Å²) in [6, 6.07) is 12.4. The summed E-state index contributed by atoms with van der Waals surface area (Å²) in [6.07, 6.45) is 1.30. The molecule has 2 unspecified atom stereocenters. The lowest BCUT2D eigenvalue weighted by Crippen LogP contribution is -2.26. The molecule has 0 bridgehead atoms. The Morgan fingerprint density at radius 3 is 2.47 bits per heavy atom. The standard InChI is InChI=1S/C30H29F2NO4S/c1-16-11-19(13-22(27(16)32)26-17(2)24(31)12-18-7-8-33-28(18)26)29(3)36-15-25(37-29)21-6-5-20(38)14-23(21)30(4)34-9-10-35-30/h5-8,11-14,25,33,38H,9-10,15H2,1-4H3. The average Bonchev–Trinajstić information content (AvgIpc) is 3.63. The van der Waals surface area contributed by atoms with Crippen LogP contribution in [0.4, 0.5) is 8.78 Å². The molecule has 2 fully saturated rings. The molecule has 4 aromatic rings. The van der Waals surface area contributed by atoms with E-state index < -0.39 is 23.5 Å². The van der Waals surface area contributed by atoms with Crippen LogP contribution < -0.4 is 0 Å². The van der Waals surface area contributed by atoms with Gasteiger partial charge in [0.2, 0.25) is 0 Å². The van der Waals surface area contributed by atoms with Crippen LogP contribution in [0, 0.1) is 25.5 Å². The van der Waals surface area contributed by atoms with Gasteiger partial charge in [-0.05, 0) is 80.8 Å².